The summed E-state index contributed by atoms with van der Waals surface area (Å²) in [7, 11) is 0. The maximum Gasteiger partial charge on any atom is 0.326 e. The highest BCUT2D eigenvalue weighted by Crippen LogP contribution is 2.42. The molecular formula is C15H9Cl2N5O3S. The van der Waals surface area contributed by atoms with Crippen molar-refractivity contribution in [3.8, 4) is 0 Å². The van der Waals surface area contributed by atoms with Crippen LogP contribution in [0.1, 0.15) is 22.7 Å². The fourth-order valence-corrected chi connectivity index (χ4v) is 3.74. The van der Waals surface area contributed by atoms with Gasteiger partial charge in [-0.25, -0.2) is 4.79 Å². The van der Waals surface area contributed by atoms with E-state index in [4.69, 9.17) is 35.4 Å². The number of nitrogens with one attached hydrogen (secondary N) is 5. The van der Waals surface area contributed by atoms with Gasteiger partial charge in [0.1, 0.15) is 11.5 Å². The summed E-state index contributed by atoms with van der Waals surface area (Å²) >= 11 is 17.3. The van der Waals surface area contributed by atoms with E-state index >= 15 is 0 Å². The van der Waals surface area contributed by atoms with E-state index in [9.17, 15) is 14.4 Å². The minimum absolute atomic E-state index is 0.0874. The topological polar surface area (TPSA) is 126 Å². The number of benzene rings is 1. The van der Waals surface area contributed by atoms with Gasteiger partial charge in [-0.3, -0.25) is 19.6 Å². The van der Waals surface area contributed by atoms with E-state index in [1.165, 1.54) is 6.07 Å². The van der Waals surface area contributed by atoms with Gasteiger partial charge in [-0.15, -0.1) is 0 Å². The smallest absolute Gasteiger partial charge is 0.326 e. The Bertz CT molecular complexity index is 1290. The van der Waals surface area contributed by atoms with Crippen molar-refractivity contribution in [2.24, 2.45) is 0 Å². The Hall–Kier alpha value is -2.62. The first-order valence-corrected chi connectivity index (χ1v) is 8.46. The molecule has 3 aromatic rings. The van der Waals surface area contributed by atoms with Gasteiger partial charge in [0.2, 0.25) is 0 Å². The molecule has 0 fully saturated rings. The van der Waals surface area contributed by atoms with Crippen molar-refractivity contribution < 1.29 is 0 Å². The first-order chi connectivity index (χ1) is 12.3. The van der Waals surface area contributed by atoms with Gasteiger partial charge in [-0.2, -0.15) is 0 Å². The lowest BCUT2D eigenvalue weighted by Gasteiger charge is -2.27. The van der Waals surface area contributed by atoms with Crippen LogP contribution in [0.3, 0.4) is 0 Å². The number of anilines is 2. The van der Waals surface area contributed by atoms with E-state index < -0.39 is 22.7 Å². The number of hydrogen-bond acceptors (Lipinski definition) is 5. The molecule has 11 heteroatoms. The second-order valence-corrected chi connectivity index (χ2v) is 6.87. The lowest BCUT2D eigenvalue weighted by Crippen LogP contribution is -2.34. The molecule has 132 valence electrons. The summed E-state index contributed by atoms with van der Waals surface area (Å²) in [5.41, 5.74) is -0.776. The summed E-state index contributed by atoms with van der Waals surface area (Å²) in [4.78, 5) is 46.7. The summed E-state index contributed by atoms with van der Waals surface area (Å²) in [5, 5.41) is 3.52. The van der Waals surface area contributed by atoms with Crippen molar-refractivity contribution in [3.05, 3.63) is 81.0 Å². The van der Waals surface area contributed by atoms with Crippen LogP contribution in [0.25, 0.3) is 0 Å². The fraction of sp³-hybridized carbons (Fsp3) is 0.0667. The molecule has 26 heavy (non-hydrogen) atoms. The molecule has 0 saturated carbocycles. The largest absolute Gasteiger partial charge is 0.335 e. The fourth-order valence-electron chi connectivity index (χ4n) is 3.03. The second kappa shape index (κ2) is 5.97. The zero-order chi connectivity index (χ0) is 18.6. The van der Waals surface area contributed by atoms with Gasteiger partial charge < -0.3 is 15.3 Å². The molecule has 1 unspecified atom stereocenters. The molecular weight excluding hydrogens is 401 g/mol. The summed E-state index contributed by atoms with van der Waals surface area (Å²) in [6.07, 6.45) is 0. The minimum atomic E-state index is -0.809. The third-order valence-corrected chi connectivity index (χ3v) is 4.82. The predicted molar refractivity (Wildman–Crippen MR) is 101 cm³/mol. The lowest BCUT2D eigenvalue weighted by molar-refractivity contribution is 0.831. The first kappa shape index (κ1) is 16.8. The van der Waals surface area contributed by atoms with Crippen LogP contribution in [0, 0.1) is 4.77 Å². The molecule has 4 rings (SSSR count). The van der Waals surface area contributed by atoms with Crippen molar-refractivity contribution in [1.82, 2.24) is 19.9 Å². The van der Waals surface area contributed by atoms with Crippen LogP contribution >= 0.6 is 35.4 Å². The van der Waals surface area contributed by atoms with Gasteiger partial charge in [0, 0.05) is 10.0 Å². The van der Waals surface area contributed by atoms with E-state index in [1.54, 1.807) is 12.1 Å². The zero-order valence-corrected chi connectivity index (χ0v) is 15.0. The monoisotopic (exact) mass is 409 g/mol. The highest BCUT2D eigenvalue weighted by molar-refractivity contribution is 7.71. The number of hydrogen-bond donors (Lipinski definition) is 5. The molecule has 5 N–H and O–H groups in total. The maximum absolute atomic E-state index is 12.6. The predicted octanol–water partition coefficient (Wildman–Crippen LogP) is 2.35. The van der Waals surface area contributed by atoms with Crippen LogP contribution in [-0.2, 0) is 0 Å². The number of aromatic nitrogens is 4. The molecule has 0 spiro atoms. The molecule has 0 radical (unpaired) electrons. The Kier molecular flexibility index (Phi) is 3.87. The lowest BCUT2D eigenvalue weighted by atomic mass is 9.86. The second-order valence-electron chi connectivity index (χ2n) is 5.62. The van der Waals surface area contributed by atoms with E-state index in [-0.39, 0.29) is 32.6 Å². The number of halogens is 2. The van der Waals surface area contributed by atoms with Crippen molar-refractivity contribution in [1.29, 1.82) is 0 Å². The number of fused-ring (bicyclic) bond motifs is 2. The number of H-pyrrole nitrogens is 4. The van der Waals surface area contributed by atoms with Crippen LogP contribution < -0.4 is 22.1 Å². The molecule has 1 aliphatic rings. The van der Waals surface area contributed by atoms with Gasteiger partial charge in [-0.1, -0.05) is 29.3 Å². The molecule has 0 saturated heterocycles. The van der Waals surface area contributed by atoms with Crippen LogP contribution in [0.15, 0.2) is 32.6 Å². The Balaban J connectivity index is 2.14. The Morgan fingerprint density at radius 2 is 1.73 bits per heavy atom. The average Bonchev–Trinajstić information content (AvgIpc) is 2.54. The zero-order valence-electron chi connectivity index (χ0n) is 12.7. The first-order valence-electron chi connectivity index (χ1n) is 7.30. The van der Waals surface area contributed by atoms with Crippen molar-refractivity contribution in [3.63, 3.8) is 0 Å². The molecule has 0 amide bonds. The third kappa shape index (κ3) is 2.61. The average molecular weight is 410 g/mol. The quantitative estimate of drug-likeness (QED) is 0.308. The Morgan fingerprint density at radius 3 is 2.46 bits per heavy atom. The molecule has 3 heterocycles. The maximum atomic E-state index is 12.6. The SMILES string of the molecule is O=c1[nH]c2c(c(=O)[nH]1)Nc1[nH]c(=S)[nH]c(=O)c1C2c1ccc(Cl)cc1Cl. The molecule has 1 aromatic carbocycles. The van der Waals surface area contributed by atoms with Crippen molar-refractivity contribution in [2.45, 2.75) is 5.92 Å². The number of rotatable bonds is 1. The summed E-state index contributed by atoms with van der Waals surface area (Å²) in [5.74, 6) is -0.559. The van der Waals surface area contributed by atoms with Crippen molar-refractivity contribution in [2.75, 3.05) is 5.32 Å². The van der Waals surface area contributed by atoms with Crippen LogP contribution in [0.2, 0.25) is 10.0 Å². The minimum Gasteiger partial charge on any atom is -0.335 e. The molecule has 2 aromatic heterocycles. The standard InChI is InChI=1S/C15H9Cl2N5O3S/c16-4-1-2-5(6(17)3-4)7-8-11(20-15(26)22-12(8)23)18-10-9(7)19-14(25)21-13(10)24/h1-3,7H,(H2,19,21,24,25)(H3,18,20,22,23,26). The Morgan fingerprint density at radius 1 is 0.962 bits per heavy atom. The molecule has 0 aliphatic carbocycles. The third-order valence-electron chi connectivity index (χ3n) is 4.05. The van der Waals surface area contributed by atoms with E-state index in [1.807, 2.05) is 0 Å². The van der Waals surface area contributed by atoms with Gasteiger partial charge >= 0.3 is 5.69 Å². The molecule has 1 aliphatic heterocycles. The van der Waals surface area contributed by atoms with E-state index in [0.717, 1.165) is 0 Å². The van der Waals surface area contributed by atoms with Gasteiger partial charge in [0.25, 0.3) is 11.1 Å². The van der Waals surface area contributed by atoms with Crippen LogP contribution in [0.4, 0.5) is 11.5 Å². The molecule has 1 atom stereocenters. The highest BCUT2D eigenvalue weighted by Gasteiger charge is 2.34. The van der Waals surface area contributed by atoms with Crippen LogP contribution in [0.5, 0.6) is 0 Å². The van der Waals surface area contributed by atoms with Crippen molar-refractivity contribution >= 4 is 46.9 Å². The Labute approximate surface area is 159 Å². The van der Waals surface area contributed by atoms with Crippen LogP contribution in [-0.4, -0.2) is 19.9 Å². The van der Waals surface area contributed by atoms with E-state index in [2.05, 4.69) is 25.3 Å². The van der Waals surface area contributed by atoms with Gasteiger partial charge in [0.15, 0.2) is 4.77 Å². The highest BCUT2D eigenvalue weighted by atomic mass is 35.5. The summed E-state index contributed by atoms with van der Waals surface area (Å²) in [6, 6.07) is 4.76. The van der Waals surface area contributed by atoms with Gasteiger partial charge in [-0.05, 0) is 29.9 Å². The molecule has 8 nitrogen and oxygen atoms in total. The number of aromatic amines is 4. The summed E-state index contributed by atoms with van der Waals surface area (Å²) in [6.45, 7) is 0. The van der Waals surface area contributed by atoms with Gasteiger partial charge in [0.05, 0.1) is 17.2 Å². The molecule has 0 bridgehead atoms. The van der Waals surface area contributed by atoms with E-state index in [0.29, 0.717) is 10.6 Å². The summed E-state index contributed by atoms with van der Waals surface area (Å²) < 4.78 is 0.0894. The normalized spacial score (nSPS) is 15.1.